The molecule has 1 aromatic heterocycles. The van der Waals surface area contributed by atoms with Crippen LogP contribution in [-0.2, 0) is 0 Å². The van der Waals surface area contributed by atoms with E-state index in [4.69, 9.17) is 5.73 Å². The summed E-state index contributed by atoms with van der Waals surface area (Å²) in [5, 5.41) is 12.3. The van der Waals surface area contributed by atoms with Crippen LogP contribution in [0.25, 0.3) is 0 Å². The number of rotatable bonds is 4. The van der Waals surface area contributed by atoms with Crippen molar-refractivity contribution in [2.24, 2.45) is 0 Å². The highest BCUT2D eigenvalue weighted by molar-refractivity contribution is 5.93. The molecular formula is C10H17N3O2. The van der Waals surface area contributed by atoms with Gasteiger partial charge in [-0.15, -0.1) is 0 Å². The van der Waals surface area contributed by atoms with Crippen molar-refractivity contribution in [2.45, 2.75) is 25.9 Å². The van der Waals surface area contributed by atoms with Crippen LogP contribution in [0.5, 0.6) is 0 Å². The molecular weight excluding hydrogens is 194 g/mol. The Balaban J connectivity index is 2.50. The van der Waals surface area contributed by atoms with E-state index in [0.717, 1.165) is 0 Å². The molecule has 0 fully saturated rings. The number of carbonyl (C=O) groups is 1. The standard InChI is InChI=1S/C10H17N3O2/c1-3-10(2,15)6-13-9(14)8-4-7(11)5-12-8/h4-5,12,15H,3,6,11H2,1-2H3,(H,13,14). The minimum absolute atomic E-state index is 0.223. The molecule has 0 aliphatic rings. The van der Waals surface area contributed by atoms with Gasteiger partial charge in [-0.3, -0.25) is 4.79 Å². The monoisotopic (exact) mass is 211 g/mol. The van der Waals surface area contributed by atoms with Crippen LogP contribution in [0.3, 0.4) is 0 Å². The summed E-state index contributed by atoms with van der Waals surface area (Å²) in [4.78, 5) is 14.3. The third kappa shape index (κ3) is 3.28. The van der Waals surface area contributed by atoms with Crippen LogP contribution >= 0.6 is 0 Å². The summed E-state index contributed by atoms with van der Waals surface area (Å²) >= 11 is 0. The SMILES string of the molecule is CCC(C)(O)CNC(=O)c1cc(N)c[nH]1. The van der Waals surface area contributed by atoms with Crippen molar-refractivity contribution in [2.75, 3.05) is 12.3 Å². The zero-order valence-electron chi connectivity index (χ0n) is 9.00. The van der Waals surface area contributed by atoms with Crippen molar-refractivity contribution in [1.82, 2.24) is 10.3 Å². The smallest absolute Gasteiger partial charge is 0.267 e. The number of hydrogen-bond donors (Lipinski definition) is 4. The first kappa shape index (κ1) is 11.6. The number of nitrogens with one attached hydrogen (secondary N) is 2. The molecule has 0 saturated heterocycles. The van der Waals surface area contributed by atoms with Gasteiger partial charge in [0.1, 0.15) is 5.69 Å². The van der Waals surface area contributed by atoms with Crippen LogP contribution in [-0.4, -0.2) is 28.1 Å². The molecule has 1 atom stereocenters. The van der Waals surface area contributed by atoms with Gasteiger partial charge in [-0.25, -0.2) is 0 Å². The average molecular weight is 211 g/mol. The van der Waals surface area contributed by atoms with Crippen LogP contribution in [0.15, 0.2) is 12.3 Å². The molecule has 0 spiro atoms. The molecule has 5 nitrogen and oxygen atoms in total. The summed E-state index contributed by atoms with van der Waals surface area (Å²) in [6, 6.07) is 1.55. The molecule has 1 aromatic rings. The van der Waals surface area contributed by atoms with Crippen molar-refractivity contribution < 1.29 is 9.90 Å². The van der Waals surface area contributed by atoms with Crippen LogP contribution in [0.1, 0.15) is 30.8 Å². The van der Waals surface area contributed by atoms with E-state index in [0.29, 0.717) is 17.8 Å². The molecule has 84 valence electrons. The maximum Gasteiger partial charge on any atom is 0.267 e. The Morgan fingerprint density at radius 2 is 2.40 bits per heavy atom. The fraction of sp³-hybridized carbons (Fsp3) is 0.500. The number of aromatic nitrogens is 1. The highest BCUT2D eigenvalue weighted by Crippen LogP contribution is 2.08. The molecule has 0 aliphatic carbocycles. The molecule has 0 saturated carbocycles. The van der Waals surface area contributed by atoms with E-state index >= 15 is 0 Å². The predicted octanol–water partition coefficient (Wildman–Crippen LogP) is 0.488. The predicted molar refractivity (Wildman–Crippen MR) is 58.5 cm³/mol. The Morgan fingerprint density at radius 1 is 1.73 bits per heavy atom. The first-order valence-electron chi connectivity index (χ1n) is 4.89. The zero-order valence-corrected chi connectivity index (χ0v) is 9.00. The Labute approximate surface area is 88.7 Å². The zero-order chi connectivity index (χ0) is 11.5. The topological polar surface area (TPSA) is 91.1 Å². The molecule has 0 bridgehead atoms. The lowest BCUT2D eigenvalue weighted by molar-refractivity contribution is 0.0517. The number of anilines is 1. The van der Waals surface area contributed by atoms with Crippen molar-refractivity contribution in [3.05, 3.63) is 18.0 Å². The number of hydrogen-bond acceptors (Lipinski definition) is 3. The minimum Gasteiger partial charge on any atom is -0.397 e. The van der Waals surface area contributed by atoms with Crippen LogP contribution in [0.2, 0.25) is 0 Å². The van der Waals surface area contributed by atoms with Gasteiger partial charge in [0.05, 0.1) is 5.60 Å². The lowest BCUT2D eigenvalue weighted by Gasteiger charge is -2.21. The van der Waals surface area contributed by atoms with E-state index in [-0.39, 0.29) is 12.5 Å². The normalized spacial score (nSPS) is 14.6. The highest BCUT2D eigenvalue weighted by atomic mass is 16.3. The van der Waals surface area contributed by atoms with Crippen molar-refractivity contribution in [1.29, 1.82) is 0 Å². The highest BCUT2D eigenvalue weighted by Gasteiger charge is 2.19. The van der Waals surface area contributed by atoms with Gasteiger partial charge < -0.3 is 21.1 Å². The Morgan fingerprint density at radius 3 is 2.87 bits per heavy atom. The van der Waals surface area contributed by atoms with Crippen LogP contribution in [0.4, 0.5) is 5.69 Å². The summed E-state index contributed by atoms with van der Waals surface area (Å²) in [7, 11) is 0. The lowest BCUT2D eigenvalue weighted by Crippen LogP contribution is -2.40. The first-order chi connectivity index (χ1) is 6.94. The molecule has 1 rings (SSSR count). The number of carbonyl (C=O) groups excluding carboxylic acids is 1. The minimum atomic E-state index is -0.867. The second-order valence-electron chi connectivity index (χ2n) is 3.88. The molecule has 0 aliphatic heterocycles. The molecule has 0 aromatic carbocycles. The van der Waals surface area contributed by atoms with Crippen molar-refractivity contribution >= 4 is 11.6 Å². The average Bonchev–Trinajstić information content (AvgIpc) is 2.61. The number of H-pyrrole nitrogens is 1. The quantitative estimate of drug-likeness (QED) is 0.584. The summed E-state index contributed by atoms with van der Waals surface area (Å²) in [6.45, 7) is 3.76. The van der Waals surface area contributed by atoms with E-state index < -0.39 is 5.60 Å². The van der Waals surface area contributed by atoms with E-state index in [9.17, 15) is 9.90 Å². The van der Waals surface area contributed by atoms with E-state index in [1.54, 1.807) is 19.2 Å². The largest absolute Gasteiger partial charge is 0.397 e. The first-order valence-corrected chi connectivity index (χ1v) is 4.89. The Kier molecular flexibility index (Phi) is 3.36. The molecule has 1 unspecified atom stereocenters. The number of nitrogens with two attached hydrogens (primary N) is 1. The van der Waals surface area contributed by atoms with Gasteiger partial charge in [-0.2, -0.15) is 0 Å². The third-order valence-electron chi connectivity index (χ3n) is 2.34. The van der Waals surface area contributed by atoms with E-state index in [1.807, 2.05) is 6.92 Å². The molecule has 5 heteroatoms. The lowest BCUT2D eigenvalue weighted by atomic mass is 10.0. The molecule has 5 N–H and O–H groups in total. The third-order valence-corrected chi connectivity index (χ3v) is 2.34. The van der Waals surface area contributed by atoms with Gasteiger partial charge in [-0.1, -0.05) is 6.92 Å². The van der Waals surface area contributed by atoms with Crippen molar-refractivity contribution in [3.8, 4) is 0 Å². The van der Waals surface area contributed by atoms with Gasteiger partial charge in [0.25, 0.3) is 5.91 Å². The summed E-state index contributed by atoms with van der Waals surface area (Å²) in [5.74, 6) is -0.263. The van der Waals surface area contributed by atoms with Crippen molar-refractivity contribution in [3.63, 3.8) is 0 Å². The van der Waals surface area contributed by atoms with Gasteiger partial charge in [0.15, 0.2) is 0 Å². The van der Waals surface area contributed by atoms with E-state index in [2.05, 4.69) is 10.3 Å². The second-order valence-corrected chi connectivity index (χ2v) is 3.88. The van der Waals surface area contributed by atoms with Gasteiger partial charge in [-0.05, 0) is 19.4 Å². The summed E-state index contributed by atoms with van der Waals surface area (Å²) in [5.41, 5.74) is 5.51. The fourth-order valence-corrected chi connectivity index (χ4v) is 1.03. The Hall–Kier alpha value is -1.49. The van der Waals surface area contributed by atoms with Gasteiger partial charge in [0.2, 0.25) is 0 Å². The summed E-state index contributed by atoms with van der Waals surface area (Å²) in [6.07, 6.45) is 2.13. The molecule has 0 radical (unpaired) electrons. The number of aliphatic hydroxyl groups is 1. The van der Waals surface area contributed by atoms with E-state index in [1.165, 1.54) is 0 Å². The maximum absolute atomic E-state index is 11.5. The van der Waals surface area contributed by atoms with Gasteiger partial charge >= 0.3 is 0 Å². The van der Waals surface area contributed by atoms with Gasteiger partial charge in [0, 0.05) is 18.4 Å². The Bertz CT molecular complexity index is 344. The number of nitrogen functional groups attached to an aromatic ring is 1. The number of amides is 1. The fourth-order valence-electron chi connectivity index (χ4n) is 1.03. The molecule has 1 amide bonds. The second kappa shape index (κ2) is 4.35. The maximum atomic E-state index is 11.5. The molecule has 15 heavy (non-hydrogen) atoms. The molecule has 1 heterocycles. The number of aromatic amines is 1. The van der Waals surface area contributed by atoms with Crippen LogP contribution < -0.4 is 11.1 Å². The van der Waals surface area contributed by atoms with Crippen LogP contribution in [0, 0.1) is 0 Å². The summed E-state index contributed by atoms with van der Waals surface area (Å²) < 4.78 is 0.